The molecule has 0 amide bonds. The molecule has 0 N–H and O–H groups in total. The van der Waals surface area contributed by atoms with E-state index < -0.39 is 0 Å². The number of alkyl halides is 1. The lowest BCUT2D eigenvalue weighted by molar-refractivity contribution is 0.162. The lowest BCUT2D eigenvalue weighted by Gasteiger charge is -2.28. The van der Waals surface area contributed by atoms with E-state index in [1.165, 1.54) is 0 Å². The van der Waals surface area contributed by atoms with Crippen LogP contribution in [0, 0.1) is 0 Å². The fraction of sp³-hybridized carbons (Fsp3) is 0.500. The number of rotatable bonds is 2. The molecule has 1 saturated heterocycles. The van der Waals surface area contributed by atoms with Crippen molar-refractivity contribution in [2.24, 2.45) is 0 Å². The van der Waals surface area contributed by atoms with E-state index in [1.807, 2.05) is 19.1 Å². The second-order valence-corrected chi connectivity index (χ2v) is 6.92. The van der Waals surface area contributed by atoms with E-state index in [1.54, 1.807) is 0 Å². The number of fused-ring (bicyclic) bond motifs is 1. The van der Waals surface area contributed by atoms with Gasteiger partial charge in [-0.3, -0.25) is 0 Å². The number of hydrogen-bond donors (Lipinski definition) is 0. The minimum Gasteiger partial charge on any atom is -0.379 e. The molecule has 2 heterocycles. The Hall–Kier alpha value is -0.580. The molecular formula is C14H16BrClN2O. The number of aromatic nitrogens is 2. The monoisotopic (exact) mass is 342 g/mol. The van der Waals surface area contributed by atoms with Crippen LogP contribution < -0.4 is 0 Å². The zero-order valence-electron chi connectivity index (χ0n) is 11.0. The van der Waals surface area contributed by atoms with E-state index in [0.29, 0.717) is 6.61 Å². The maximum absolute atomic E-state index is 6.32. The zero-order chi connectivity index (χ0) is 13.6. The van der Waals surface area contributed by atoms with E-state index in [-0.39, 0.29) is 10.9 Å². The lowest BCUT2D eigenvalue weighted by Crippen LogP contribution is -2.32. The maximum Gasteiger partial charge on any atom is 0.128 e. The standard InChI is InChI=1S/C14H16BrClN2O/c1-9(16)13-17-11-4-3-10(15)7-12(11)18(13)14(2)5-6-19-8-14/h3-4,7,9H,5-6,8H2,1-2H3. The maximum atomic E-state index is 6.32. The van der Waals surface area contributed by atoms with Crippen molar-refractivity contribution in [2.75, 3.05) is 13.2 Å². The quantitative estimate of drug-likeness (QED) is 0.763. The van der Waals surface area contributed by atoms with Crippen molar-refractivity contribution in [1.29, 1.82) is 0 Å². The highest BCUT2D eigenvalue weighted by atomic mass is 79.9. The molecule has 3 rings (SSSR count). The molecule has 1 aromatic carbocycles. The van der Waals surface area contributed by atoms with Crippen molar-refractivity contribution < 1.29 is 4.74 Å². The largest absolute Gasteiger partial charge is 0.379 e. The van der Waals surface area contributed by atoms with Gasteiger partial charge in [0.15, 0.2) is 0 Å². The van der Waals surface area contributed by atoms with Crippen molar-refractivity contribution >= 4 is 38.6 Å². The third kappa shape index (κ3) is 2.20. The van der Waals surface area contributed by atoms with Gasteiger partial charge in [0.2, 0.25) is 0 Å². The average Bonchev–Trinajstić information content (AvgIpc) is 2.93. The van der Waals surface area contributed by atoms with E-state index in [4.69, 9.17) is 21.3 Å². The number of hydrogen-bond acceptors (Lipinski definition) is 2. The van der Waals surface area contributed by atoms with Crippen LogP contribution in [0.1, 0.15) is 31.5 Å². The van der Waals surface area contributed by atoms with Gasteiger partial charge >= 0.3 is 0 Å². The van der Waals surface area contributed by atoms with Crippen LogP contribution in [0.5, 0.6) is 0 Å². The second kappa shape index (κ2) is 4.76. The molecule has 0 aliphatic carbocycles. The summed E-state index contributed by atoms with van der Waals surface area (Å²) in [7, 11) is 0. The summed E-state index contributed by atoms with van der Waals surface area (Å²) >= 11 is 9.86. The Balaban J connectivity index is 2.29. The van der Waals surface area contributed by atoms with E-state index >= 15 is 0 Å². The van der Waals surface area contributed by atoms with Gasteiger partial charge in [-0.1, -0.05) is 15.9 Å². The predicted molar refractivity (Wildman–Crippen MR) is 80.8 cm³/mol. The summed E-state index contributed by atoms with van der Waals surface area (Å²) in [5, 5.41) is -0.122. The van der Waals surface area contributed by atoms with Crippen LogP contribution in [-0.4, -0.2) is 22.8 Å². The van der Waals surface area contributed by atoms with Crippen molar-refractivity contribution in [1.82, 2.24) is 9.55 Å². The summed E-state index contributed by atoms with van der Waals surface area (Å²) in [6.07, 6.45) is 0.988. The van der Waals surface area contributed by atoms with Gasteiger partial charge in [-0.2, -0.15) is 0 Å². The first-order chi connectivity index (χ1) is 9.01. The summed E-state index contributed by atoms with van der Waals surface area (Å²) in [6, 6.07) is 6.14. The molecule has 1 fully saturated rings. The van der Waals surface area contributed by atoms with Crippen LogP contribution >= 0.6 is 27.5 Å². The number of nitrogens with zero attached hydrogens (tertiary/aromatic N) is 2. The molecule has 1 aliphatic heterocycles. The molecule has 2 atom stereocenters. The molecule has 2 aromatic rings. The van der Waals surface area contributed by atoms with Gasteiger partial charge in [0.1, 0.15) is 5.82 Å². The fourth-order valence-electron chi connectivity index (χ4n) is 2.73. The van der Waals surface area contributed by atoms with Gasteiger partial charge in [0.25, 0.3) is 0 Å². The molecular weight excluding hydrogens is 328 g/mol. The first-order valence-corrected chi connectivity index (χ1v) is 7.64. The van der Waals surface area contributed by atoms with Crippen molar-refractivity contribution in [2.45, 2.75) is 31.2 Å². The van der Waals surface area contributed by atoms with Crippen molar-refractivity contribution in [3.63, 3.8) is 0 Å². The van der Waals surface area contributed by atoms with E-state index in [9.17, 15) is 0 Å². The smallest absolute Gasteiger partial charge is 0.128 e. The first-order valence-electron chi connectivity index (χ1n) is 6.41. The van der Waals surface area contributed by atoms with Crippen molar-refractivity contribution in [3.05, 3.63) is 28.5 Å². The molecule has 19 heavy (non-hydrogen) atoms. The Morgan fingerprint density at radius 1 is 1.53 bits per heavy atom. The molecule has 1 aliphatic rings. The highest BCUT2D eigenvalue weighted by Gasteiger charge is 2.35. The van der Waals surface area contributed by atoms with Gasteiger partial charge in [0, 0.05) is 11.1 Å². The third-order valence-electron chi connectivity index (χ3n) is 3.74. The normalized spacial score (nSPS) is 25.1. The number of benzene rings is 1. The highest BCUT2D eigenvalue weighted by Crippen LogP contribution is 2.36. The molecule has 5 heteroatoms. The Morgan fingerprint density at radius 3 is 2.95 bits per heavy atom. The lowest BCUT2D eigenvalue weighted by atomic mass is 10.0. The van der Waals surface area contributed by atoms with Gasteiger partial charge in [-0.15, -0.1) is 11.6 Å². The molecule has 0 radical (unpaired) electrons. The molecule has 102 valence electrons. The number of halogens is 2. The minimum atomic E-state index is -0.122. The van der Waals surface area contributed by atoms with E-state index in [0.717, 1.165) is 34.4 Å². The number of imidazole rings is 1. The Labute approximate surface area is 126 Å². The highest BCUT2D eigenvalue weighted by molar-refractivity contribution is 9.10. The van der Waals surface area contributed by atoms with E-state index in [2.05, 4.69) is 33.5 Å². The number of ether oxygens (including phenoxy) is 1. The first kappa shape index (κ1) is 13.4. The molecule has 3 nitrogen and oxygen atoms in total. The molecule has 1 aromatic heterocycles. The topological polar surface area (TPSA) is 27.1 Å². The zero-order valence-corrected chi connectivity index (χ0v) is 13.3. The Kier molecular flexibility index (Phi) is 3.36. The van der Waals surface area contributed by atoms with Crippen LogP contribution in [-0.2, 0) is 10.3 Å². The predicted octanol–water partition coefficient (Wildman–Crippen LogP) is 4.23. The summed E-state index contributed by atoms with van der Waals surface area (Å²) in [4.78, 5) is 4.70. The molecule has 0 spiro atoms. The Morgan fingerprint density at radius 2 is 2.32 bits per heavy atom. The van der Waals surface area contributed by atoms with Crippen LogP contribution in [0.4, 0.5) is 0 Å². The minimum absolute atomic E-state index is 0.0615. The summed E-state index contributed by atoms with van der Waals surface area (Å²) in [5.41, 5.74) is 2.04. The summed E-state index contributed by atoms with van der Waals surface area (Å²) < 4.78 is 8.91. The van der Waals surface area contributed by atoms with Crippen molar-refractivity contribution in [3.8, 4) is 0 Å². The third-order valence-corrected chi connectivity index (χ3v) is 4.42. The fourth-order valence-corrected chi connectivity index (χ4v) is 3.23. The van der Waals surface area contributed by atoms with Crippen LogP contribution in [0.25, 0.3) is 11.0 Å². The van der Waals surface area contributed by atoms with Crippen LogP contribution in [0.2, 0.25) is 0 Å². The molecule has 2 unspecified atom stereocenters. The van der Waals surface area contributed by atoms with Crippen LogP contribution in [0.15, 0.2) is 22.7 Å². The molecule has 0 bridgehead atoms. The van der Waals surface area contributed by atoms with Gasteiger partial charge in [-0.05, 0) is 38.5 Å². The van der Waals surface area contributed by atoms with Gasteiger partial charge in [0.05, 0.1) is 28.6 Å². The summed E-state index contributed by atoms with van der Waals surface area (Å²) in [6.45, 7) is 5.68. The average molecular weight is 344 g/mol. The van der Waals surface area contributed by atoms with Gasteiger partial charge < -0.3 is 9.30 Å². The molecule has 0 saturated carbocycles. The summed E-state index contributed by atoms with van der Waals surface area (Å²) in [5.74, 6) is 0.919. The Bertz CT molecular complexity index is 617. The van der Waals surface area contributed by atoms with Gasteiger partial charge in [-0.25, -0.2) is 4.98 Å². The van der Waals surface area contributed by atoms with Crippen LogP contribution in [0.3, 0.4) is 0 Å². The second-order valence-electron chi connectivity index (χ2n) is 5.35. The SMILES string of the molecule is CC(Cl)c1nc2ccc(Br)cc2n1C1(C)CCOC1.